The number of aromatic nitrogens is 3. The van der Waals surface area contributed by atoms with Gasteiger partial charge < -0.3 is 16.0 Å². The monoisotopic (exact) mass is 289 g/mol. The standard InChI is InChI=1S/C14H23N7/c15-12-17-13(19-14(18-12)20-6-1-2-7-20)16-10-5-8-21(9-10)11-3-4-11/h10-11H,1-9H2,(H3,15,16,17,18,19). The maximum Gasteiger partial charge on any atom is 0.231 e. The van der Waals surface area contributed by atoms with Gasteiger partial charge in [0.15, 0.2) is 0 Å². The third-order valence-electron chi connectivity index (χ3n) is 4.65. The van der Waals surface area contributed by atoms with Crippen LogP contribution in [0.4, 0.5) is 17.8 Å². The number of likely N-dealkylation sites (tertiary alicyclic amines) is 1. The minimum atomic E-state index is 0.312. The molecular weight excluding hydrogens is 266 g/mol. The Bertz CT molecular complexity index is 510. The van der Waals surface area contributed by atoms with Gasteiger partial charge >= 0.3 is 0 Å². The van der Waals surface area contributed by atoms with Gasteiger partial charge in [0.05, 0.1) is 0 Å². The first-order chi connectivity index (χ1) is 10.3. The van der Waals surface area contributed by atoms with Gasteiger partial charge in [0, 0.05) is 38.3 Å². The van der Waals surface area contributed by atoms with Gasteiger partial charge in [-0.05, 0) is 32.1 Å². The van der Waals surface area contributed by atoms with Gasteiger partial charge in [-0.25, -0.2) is 0 Å². The van der Waals surface area contributed by atoms with Gasteiger partial charge in [-0.15, -0.1) is 0 Å². The van der Waals surface area contributed by atoms with Gasteiger partial charge in [0.25, 0.3) is 0 Å². The Labute approximate surface area is 124 Å². The summed E-state index contributed by atoms with van der Waals surface area (Å²) in [6.07, 6.45) is 6.29. The molecule has 1 aromatic rings. The summed E-state index contributed by atoms with van der Waals surface area (Å²) in [6, 6.07) is 1.26. The smallest absolute Gasteiger partial charge is 0.231 e. The Morgan fingerprint density at radius 2 is 1.81 bits per heavy atom. The second kappa shape index (κ2) is 5.29. The molecule has 7 nitrogen and oxygen atoms in total. The molecule has 3 heterocycles. The molecule has 3 aliphatic rings. The van der Waals surface area contributed by atoms with Crippen molar-refractivity contribution in [2.45, 2.75) is 44.2 Å². The van der Waals surface area contributed by atoms with Crippen molar-refractivity contribution in [3.8, 4) is 0 Å². The molecular formula is C14H23N7. The highest BCUT2D eigenvalue weighted by atomic mass is 15.3. The van der Waals surface area contributed by atoms with E-state index in [-0.39, 0.29) is 0 Å². The highest BCUT2D eigenvalue weighted by Crippen LogP contribution is 2.30. The van der Waals surface area contributed by atoms with E-state index in [1.165, 1.54) is 32.2 Å². The Balaban J connectivity index is 1.44. The van der Waals surface area contributed by atoms with E-state index in [1.54, 1.807) is 0 Å². The average Bonchev–Trinajstić information content (AvgIpc) is 2.99. The molecule has 1 aromatic heterocycles. The van der Waals surface area contributed by atoms with E-state index in [9.17, 15) is 0 Å². The van der Waals surface area contributed by atoms with Crippen molar-refractivity contribution in [2.24, 2.45) is 0 Å². The first-order valence-electron chi connectivity index (χ1n) is 8.05. The molecule has 2 aliphatic heterocycles. The predicted molar refractivity (Wildman–Crippen MR) is 82.3 cm³/mol. The van der Waals surface area contributed by atoms with Gasteiger partial charge in [0.2, 0.25) is 17.8 Å². The molecule has 2 saturated heterocycles. The molecule has 0 aromatic carbocycles. The SMILES string of the molecule is Nc1nc(NC2CCN(C3CC3)C2)nc(N2CCCC2)n1. The maximum absolute atomic E-state index is 5.85. The van der Waals surface area contributed by atoms with Crippen LogP contribution in [0.3, 0.4) is 0 Å². The van der Waals surface area contributed by atoms with Crippen molar-refractivity contribution in [1.29, 1.82) is 0 Å². The van der Waals surface area contributed by atoms with Crippen molar-refractivity contribution in [1.82, 2.24) is 19.9 Å². The highest BCUT2D eigenvalue weighted by Gasteiger charge is 2.34. The molecule has 3 fully saturated rings. The number of hydrogen-bond donors (Lipinski definition) is 2. The van der Waals surface area contributed by atoms with Crippen LogP contribution in [0.15, 0.2) is 0 Å². The number of nitrogens with two attached hydrogens (primary N) is 1. The van der Waals surface area contributed by atoms with Crippen LogP contribution in [0.25, 0.3) is 0 Å². The lowest BCUT2D eigenvalue weighted by Crippen LogP contribution is -2.29. The zero-order valence-corrected chi connectivity index (χ0v) is 12.3. The minimum absolute atomic E-state index is 0.312. The average molecular weight is 289 g/mol. The molecule has 1 aliphatic carbocycles. The molecule has 114 valence electrons. The van der Waals surface area contributed by atoms with Crippen LogP contribution < -0.4 is 16.0 Å². The maximum atomic E-state index is 5.85. The van der Waals surface area contributed by atoms with Crippen molar-refractivity contribution in [3.63, 3.8) is 0 Å². The summed E-state index contributed by atoms with van der Waals surface area (Å²) in [6.45, 7) is 4.31. The summed E-state index contributed by atoms with van der Waals surface area (Å²) >= 11 is 0. The number of nitrogens with one attached hydrogen (secondary N) is 1. The molecule has 3 N–H and O–H groups in total. The van der Waals surface area contributed by atoms with Gasteiger partial charge in [0.1, 0.15) is 0 Å². The number of rotatable bonds is 4. The van der Waals surface area contributed by atoms with E-state index in [2.05, 4.69) is 30.1 Å². The Morgan fingerprint density at radius 3 is 2.57 bits per heavy atom. The molecule has 1 unspecified atom stereocenters. The van der Waals surface area contributed by atoms with Crippen LogP contribution in [-0.2, 0) is 0 Å². The van der Waals surface area contributed by atoms with Crippen molar-refractivity contribution < 1.29 is 0 Å². The molecule has 0 spiro atoms. The van der Waals surface area contributed by atoms with Crippen molar-refractivity contribution in [3.05, 3.63) is 0 Å². The topological polar surface area (TPSA) is 83.2 Å². The largest absolute Gasteiger partial charge is 0.368 e. The molecule has 1 saturated carbocycles. The molecule has 1 atom stereocenters. The number of hydrogen-bond acceptors (Lipinski definition) is 7. The van der Waals surface area contributed by atoms with Crippen LogP contribution in [0.1, 0.15) is 32.1 Å². The Morgan fingerprint density at radius 1 is 1.00 bits per heavy atom. The van der Waals surface area contributed by atoms with Crippen LogP contribution >= 0.6 is 0 Å². The lowest BCUT2D eigenvalue weighted by Gasteiger charge is -2.18. The zero-order valence-electron chi connectivity index (χ0n) is 12.3. The van der Waals surface area contributed by atoms with E-state index in [1.807, 2.05) is 0 Å². The number of nitrogens with zero attached hydrogens (tertiary/aromatic N) is 5. The third kappa shape index (κ3) is 2.88. The quantitative estimate of drug-likeness (QED) is 0.844. The van der Waals surface area contributed by atoms with Crippen LogP contribution in [-0.4, -0.2) is 58.1 Å². The van der Waals surface area contributed by atoms with Crippen LogP contribution in [0, 0.1) is 0 Å². The summed E-state index contributed by atoms with van der Waals surface area (Å²) in [4.78, 5) is 17.8. The zero-order chi connectivity index (χ0) is 14.2. The normalized spacial score (nSPS) is 26.5. The minimum Gasteiger partial charge on any atom is -0.368 e. The summed E-state index contributed by atoms with van der Waals surface area (Å²) in [5.41, 5.74) is 5.85. The van der Waals surface area contributed by atoms with Gasteiger partial charge in [-0.2, -0.15) is 15.0 Å². The molecule has 4 rings (SSSR count). The second-order valence-electron chi connectivity index (χ2n) is 6.37. The van der Waals surface area contributed by atoms with Crippen molar-refractivity contribution >= 4 is 17.8 Å². The fourth-order valence-electron chi connectivity index (χ4n) is 3.36. The van der Waals surface area contributed by atoms with E-state index in [0.717, 1.165) is 38.0 Å². The lowest BCUT2D eigenvalue weighted by atomic mass is 10.3. The second-order valence-corrected chi connectivity index (χ2v) is 6.37. The molecule has 21 heavy (non-hydrogen) atoms. The van der Waals surface area contributed by atoms with Crippen LogP contribution in [0.2, 0.25) is 0 Å². The van der Waals surface area contributed by atoms with Gasteiger partial charge in [-0.1, -0.05) is 0 Å². The van der Waals surface area contributed by atoms with E-state index in [0.29, 0.717) is 17.9 Å². The Kier molecular flexibility index (Phi) is 3.29. The van der Waals surface area contributed by atoms with Crippen molar-refractivity contribution in [2.75, 3.05) is 42.1 Å². The Hall–Kier alpha value is -1.63. The van der Waals surface area contributed by atoms with Crippen LogP contribution in [0.5, 0.6) is 0 Å². The summed E-state index contributed by atoms with van der Waals surface area (Å²) in [5, 5.41) is 3.45. The molecule has 0 radical (unpaired) electrons. The van der Waals surface area contributed by atoms with E-state index >= 15 is 0 Å². The summed E-state index contributed by atoms with van der Waals surface area (Å²) in [7, 11) is 0. The third-order valence-corrected chi connectivity index (χ3v) is 4.65. The summed E-state index contributed by atoms with van der Waals surface area (Å²) in [5.74, 6) is 1.66. The van der Waals surface area contributed by atoms with E-state index in [4.69, 9.17) is 5.73 Å². The first kappa shape index (κ1) is 13.1. The number of anilines is 3. The molecule has 0 bridgehead atoms. The van der Waals surface area contributed by atoms with Gasteiger partial charge in [-0.3, -0.25) is 4.90 Å². The molecule has 0 amide bonds. The number of nitrogen functional groups attached to an aromatic ring is 1. The molecule has 7 heteroatoms. The summed E-state index contributed by atoms with van der Waals surface area (Å²) < 4.78 is 0. The van der Waals surface area contributed by atoms with E-state index < -0.39 is 0 Å². The lowest BCUT2D eigenvalue weighted by molar-refractivity contribution is 0.326. The first-order valence-corrected chi connectivity index (χ1v) is 8.05. The highest BCUT2D eigenvalue weighted by molar-refractivity contribution is 5.43. The fraction of sp³-hybridized carbons (Fsp3) is 0.786. The fourth-order valence-corrected chi connectivity index (χ4v) is 3.36. The predicted octanol–water partition coefficient (Wildman–Crippen LogP) is 0.703.